The van der Waals surface area contributed by atoms with Crippen LogP contribution in [0.1, 0.15) is 271 Å². The molecule has 1 unspecified atom stereocenters. The van der Waals surface area contributed by atoms with Gasteiger partial charge in [0.1, 0.15) is 13.2 Å². The zero-order valence-electron chi connectivity index (χ0n) is 48.1. The fourth-order valence-electron chi connectivity index (χ4n) is 8.15. The van der Waals surface area contributed by atoms with E-state index >= 15 is 0 Å². The van der Waals surface area contributed by atoms with Crippen LogP contribution in [0.15, 0.2) is 122 Å². The Labute approximate surface area is 456 Å². The Morgan fingerprint density at radius 3 is 0.824 bits per heavy atom. The zero-order valence-corrected chi connectivity index (χ0v) is 48.1. The third-order valence-corrected chi connectivity index (χ3v) is 12.7. The van der Waals surface area contributed by atoms with Crippen LogP contribution in [0.3, 0.4) is 0 Å². The Morgan fingerprint density at radius 2 is 0.527 bits per heavy atom. The second-order valence-corrected chi connectivity index (χ2v) is 19.8. The van der Waals surface area contributed by atoms with E-state index in [0.29, 0.717) is 19.3 Å². The first-order valence-corrected chi connectivity index (χ1v) is 30.5. The van der Waals surface area contributed by atoms with Gasteiger partial charge in [-0.3, -0.25) is 14.4 Å². The van der Waals surface area contributed by atoms with Gasteiger partial charge in [0.05, 0.1) is 0 Å². The molecule has 0 amide bonds. The van der Waals surface area contributed by atoms with E-state index in [1.165, 1.54) is 83.5 Å². The maximum atomic E-state index is 12.9. The van der Waals surface area contributed by atoms with Gasteiger partial charge < -0.3 is 14.2 Å². The Balaban J connectivity index is 4.41. The van der Waals surface area contributed by atoms with E-state index in [0.717, 1.165) is 148 Å². The number of carbonyl (C=O) groups is 3. The molecule has 6 nitrogen and oxygen atoms in total. The van der Waals surface area contributed by atoms with Gasteiger partial charge in [-0.1, -0.05) is 251 Å². The number of ether oxygens (including phenoxy) is 3. The zero-order chi connectivity index (χ0) is 53.6. The van der Waals surface area contributed by atoms with Crippen molar-refractivity contribution in [2.75, 3.05) is 13.2 Å². The van der Waals surface area contributed by atoms with Crippen molar-refractivity contribution in [1.29, 1.82) is 0 Å². The molecule has 0 rings (SSSR count). The number of carbonyl (C=O) groups excluding carboxylic acids is 3. The molecule has 0 heterocycles. The molecule has 0 aliphatic heterocycles. The summed E-state index contributed by atoms with van der Waals surface area (Å²) in [6.07, 6.45) is 84.7. The molecule has 0 aromatic heterocycles. The Hall–Kier alpha value is -4.19. The van der Waals surface area contributed by atoms with Crippen molar-refractivity contribution in [3.05, 3.63) is 122 Å². The van der Waals surface area contributed by atoms with Crippen molar-refractivity contribution in [3.63, 3.8) is 0 Å². The minimum absolute atomic E-state index is 0.0931. The second-order valence-electron chi connectivity index (χ2n) is 19.8. The molecule has 0 fully saturated rings. The molecule has 0 saturated carbocycles. The van der Waals surface area contributed by atoms with Crippen molar-refractivity contribution < 1.29 is 28.6 Å². The summed E-state index contributed by atoms with van der Waals surface area (Å²) in [5.74, 6) is -0.923. The molecule has 0 aliphatic rings. The highest BCUT2D eigenvalue weighted by Gasteiger charge is 2.19. The van der Waals surface area contributed by atoms with Crippen LogP contribution in [0.5, 0.6) is 0 Å². The molecule has 1 atom stereocenters. The van der Waals surface area contributed by atoms with Gasteiger partial charge in [-0.05, 0) is 122 Å². The number of unbranched alkanes of at least 4 members (excludes halogenated alkanes) is 23. The highest BCUT2D eigenvalue weighted by molar-refractivity contribution is 5.71. The summed E-state index contributed by atoms with van der Waals surface area (Å²) in [7, 11) is 0. The van der Waals surface area contributed by atoms with Gasteiger partial charge in [-0.25, -0.2) is 0 Å². The van der Waals surface area contributed by atoms with Gasteiger partial charge in [-0.15, -0.1) is 0 Å². The Morgan fingerprint density at radius 1 is 0.284 bits per heavy atom. The molecule has 0 aromatic rings. The molecule has 6 heteroatoms. The molecule has 0 saturated heterocycles. The molecule has 0 aromatic carbocycles. The van der Waals surface area contributed by atoms with Gasteiger partial charge in [0.15, 0.2) is 6.10 Å². The van der Waals surface area contributed by atoms with E-state index < -0.39 is 6.10 Å². The normalized spacial score (nSPS) is 13.0. The first-order valence-electron chi connectivity index (χ1n) is 30.5. The molecule has 0 spiro atoms. The van der Waals surface area contributed by atoms with Crippen LogP contribution in [0.4, 0.5) is 0 Å². The largest absolute Gasteiger partial charge is 0.462 e. The van der Waals surface area contributed by atoms with Crippen molar-refractivity contribution >= 4 is 17.9 Å². The third-order valence-electron chi connectivity index (χ3n) is 12.7. The summed E-state index contributed by atoms with van der Waals surface area (Å²) < 4.78 is 16.9. The number of hydrogen-bond acceptors (Lipinski definition) is 6. The average molecular weight is 1030 g/mol. The van der Waals surface area contributed by atoms with Crippen LogP contribution < -0.4 is 0 Å². The van der Waals surface area contributed by atoms with Gasteiger partial charge in [0.25, 0.3) is 0 Å². The summed E-state index contributed by atoms with van der Waals surface area (Å²) in [6, 6.07) is 0. The molecule has 0 radical (unpaired) electrons. The smallest absolute Gasteiger partial charge is 0.306 e. The van der Waals surface area contributed by atoms with Crippen molar-refractivity contribution in [2.45, 2.75) is 277 Å². The van der Waals surface area contributed by atoms with Gasteiger partial charge in [-0.2, -0.15) is 0 Å². The SMILES string of the molecule is CC/C=C\C/C=C\C/C=C\C/C=C\CCCCCCCCCCCCC(=O)OCC(COC(=O)CCCCCCC/C=C\C/C=C\CCCC)OC(=O)CCCCCCCC/C=C\C/C=C\C/C=C\C/C=C\CC. The number of hydrogen-bond donors (Lipinski definition) is 0. The maximum absolute atomic E-state index is 12.9. The topological polar surface area (TPSA) is 78.9 Å². The quantitative estimate of drug-likeness (QED) is 0.0261. The van der Waals surface area contributed by atoms with Crippen molar-refractivity contribution in [3.8, 4) is 0 Å². The lowest BCUT2D eigenvalue weighted by Crippen LogP contribution is -2.30. The predicted octanol–water partition coefficient (Wildman–Crippen LogP) is 20.8. The van der Waals surface area contributed by atoms with Gasteiger partial charge in [0, 0.05) is 19.3 Å². The number of rotatable bonds is 54. The number of allylic oxidation sites excluding steroid dienone is 20. The summed E-state index contributed by atoms with van der Waals surface area (Å²) >= 11 is 0. The maximum Gasteiger partial charge on any atom is 0.306 e. The fourth-order valence-corrected chi connectivity index (χ4v) is 8.15. The van der Waals surface area contributed by atoms with E-state index in [2.05, 4.69) is 142 Å². The van der Waals surface area contributed by atoms with Crippen LogP contribution in [-0.4, -0.2) is 37.2 Å². The van der Waals surface area contributed by atoms with Crippen LogP contribution in [0, 0.1) is 0 Å². The lowest BCUT2D eigenvalue weighted by molar-refractivity contribution is -0.167. The Kier molecular flexibility index (Phi) is 57.9. The minimum atomic E-state index is -0.798. The van der Waals surface area contributed by atoms with Crippen molar-refractivity contribution in [2.24, 2.45) is 0 Å². The second kappa shape index (κ2) is 61.4. The molecule has 0 bridgehead atoms. The van der Waals surface area contributed by atoms with Crippen LogP contribution in [0.25, 0.3) is 0 Å². The first-order chi connectivity index (χ1) is 36.5. The summed E-state index contributed by atoms with van der Waals surface area (Å²) in [5, 5.41) is 0. The fraction of sp³-hybridized carbons (Fsp3) is 0.662. The lowest BCUT2D eigenvalue weighted by atomic mass is 10.1. The van der Waals surface area contributed by atoms with Crippen LogP contribution >= 0.6 is 0 Å². The standard InChI is InChI=1S/C68H112O6/c1-4-7-10-13-16-19-22-25-28-30-32-33-34-35-37-38-40-43-46-49-52-55-58-61-67(70)73-64-65(63-72-66(69)60-57-54-51-48-45-42-27-24-21-18-15-12-9-6-3)74-68(71)62-59-56-53-50-47-44-41-39-36-31-29-26-23-20-17-14-11-8-5-2/h7-8,10-11,15-20,24-29,32-33,36,39,65H,4-6,9,12-14,21-23,30-31,34-35,37-38,40-64H2,1-3H3/b10-7-,11-8-,18-15-,19-16-,20-17-,27-24-,28-25-,29-26-,33-32-,39-36-. The highest BCUT2D eigenvalue weighted by Crippen LogP contribution is 2.15. The van der Waals surface area contributed by atoms with E-state index in [-0.39, 0.29) is 31.1 Å². The molecule has 0 aliphatic carbocycles. The van der Waals surface area contributed by atoms with E-state index in [9.17, 15) is 14.4 Å². The summed E-state index contributed by atoms with van der Waals surface area (Å²) in [5.41, 5.74) is 0. The van der Waals surface area contributed by atoms with Crippen LogP contribution in [0.2, 0.25) is 0 Å². The summed E-state index contributed by atoms with van der Waals surface area (Å²) in [6.45, 7) is 6.35. The Bertz CT molecular complexity index is 1550. The molecule has 0 N–H and O–H groups in total. The van der Waals surface area contributed by atoms with E-state index in [1.54, 1.807) is 0 Å². The van der Waals surface area contributed by atoms with Gasteiger partial charge in [0.2, 0.25) is 0 Å². The molecular weight excluding hydrogens is 913 g/mol. The monoisotopic (exact) mass is 1020 g/mol. The van der Waals surface area contributed by atoms with Crippen LogP contribution in [-0.2, 0) is 28.6 Å². The minimum Gasteiger partial charge on any atom is -0.462 e. The highest BCUT2D eigenvalue weighted by atomic mass is 16.6. The van der Waals surface area contributed by atoms with E-state index in [1.807, 2.05) is 0 Å². The van der Waals surface area contributed by atoms with E-state index in [4.69, 9.17) is 14.2 Å². The molecule has 420 valence electrons. The first kappa shape index (κ1) is 69.8. The number of esters is 3. The summed E-state index contributed by atoms with van der Waals surface area (Å²) in [4.78, 5) is 38.3. The molecule has 74 heavy (non-hydrogen) atoms. The van der Waals surface area contributed by atoms with Gasteiger partial charge >= 0.3 is 17.9 Å². The average Bonchev–Trinajstić information content (AvgIpc) is 3.40. The lowest BCUT2D eigenvalue weighted by Gasteiger charge is -2.18. The third kappa shape index (κ3) is 58.7. The predicted molar refractivity (Wildman–Crippen MR) is 320 cm³/mol. The molecular formula is C68H112O6. The van der Waals surface area contributed by atoms with Crippen molar-refractivity contribution in [1.82, 2.24) is 0 Å².